The first-order valence-electron chi connectivity index (χ1n) is 6.90. The molecule has 1 amide bonds. The molecule has 1 aliphatic rings. The number of carbonyl (C=O) groups excluding carboxylic acids is 1. The van der Waals surface area contributed by atoms with Gasteiger partial charge in [0.15, 0.2) is 0 Å². The first-order valence-corrected chi connectivity index (χ1v) is 6.90. The van der Waals surface area contributed by atoms with Crippen LogP contribution in [0.2, 0.25) is 0 Å². The third-order valence-corrected chi connectivity index (χ3v) is 3.06. The minimum Gasteiger partial charge on any atom is -0.382 e. The summed E-state index contributed by atoms with van der Waals surface area (Å²) in [5.41, 5.74) is 0. The van der Waals surface area contributed by atoms with Crippen LogP contribution in [0.25, 0.3) is 0 Å². The summed E-state index contributed by atoms with van der Waals surface area (Å²) in [7, 11) is 1.67. The SMILES string of the molecule is COCCOCCCCNCC(=O)N1CCCC1. The Bertz CT molecular complexity index is 218. The van der Waals surface area contributed by atoms with Crippen LogP contribution in [0.1, 0.15) is 25.7 Å². The van der Waals surface area contributed by atoms with Crippen LogP contribution in [0.4, 0.5) is 0 Å². The van der Waals surface area contributed by atoms with Gasteiger partial charge in [-0.1, -0.05) is 0 Å². The van der Waals surface area contributed by atoms with Crippen LogP contribution in [0.15, 0.2) is 0 Å². The van der Waals surface area contributed by atoms with E-state index in [1.807, 2.05) is 4.90 Å². The van der Waals surface area contributed by atoms with E-state index >= 15 is 0 Å². The van der Waals surface area contributed by atoms with Gasteiger partial charge in [0, 0.05) is 26.8 Å². The molecule has 5 nitrogen and oxygen atoms in total. The number of hydrogen-bond acceptors (Lipinski definition) is 4. The number of nitrogens with one attached hydrogen (secondary N) is 1. The Morgan fingerprint density at radius 1 is 1.17 bits per heavy atom. The highest BCUT2D eigenvalue weighted by atomic mass is 16.5. The highest BCUT2D eigenvalue weighted by Gasteiger charge is 2.16. The summed E-state index contributed by atoms with van der Waals surface area (Å²) in [5.74, 6) is 0.240. The minimum atomic E-state index is 0.240. The van der Waals surface area contributed by atoms with Crippen molar-refractivity contribution in [1.29, 1.82) is 0 Å². The molecule has 1 N–H and O–H groups in total. The molecule has 0 aromatic rings. The third-order valence-electron chi connectivity index (χ3n) is 3.06. The molecule has 0 atom stereocenters. The van der Waals surface area contributed by atoms with Gasteiger partial charge in [0.2, 0.25) is 5.91 Å². The zero-order valence-corrected chi connectivity index (χ0v) is 11.5. The Kier molecular flexibility index (Phi) is 8.81. The van der Waals surface area contributed by atoms with E-state index in [4.69, 9.17) is 9.47 Å². The van der Waals surface area contributed by atoms with Crippen LogP contribution in [-0.2, 0) is 14.3 Å². The Labute approximate surface area is 110 Å². The predicted octanol–water partition coefficient (Wildman–Crippen LogP) is 0.642. The van der Waals surface area contributed by atoms with E-state index in [0.717, 1.165) is 51.9 Å². The molecule has 0 unspecified atom stereocenters. The Balaban J connectivity index is 1.82. The number of ether oxygens (including phenoxy) is 2. The molecule has 0 radical (unpaired) electrons. The number of methoxy groups -OCH3 is 1. The predicted molar refractivity (Wildman–Crippen MR) is 70.6 cm³/mol. The summed E-state index contributed by atoms with van der Waals surface area (Å²) < 4.78 is 10.2. The van der Waals surface area contributed by atoms with E-state index in [0.29, 0.717) is 19.8 Å². The van der Waals surface area contributed by atoms with Gasteiger partial charge in [0.1, 0.15) is 0 Å². The zero-order valence-electron chi connectivity index (χ0n) is 11.5. The van der Waals surface area contributed by atoms with Crippen molar-refractivity contribution in [3.8, 4) is 0 Å². The molecule has 0 aliphatic carbocycles. The molecular formula is C13H26N2O3. The van der Waals surface area contributed by atoms with Gasteiger partial charge in [-0.25, -0.2) is 0 Å². The number of amides is 1. The van der Waals surface area contributed by atoms with Crippen molar-refractivity contribution in [2.75, 3.05) is 53.1 Å². The Morgan fingerprint density at radius 2 is 1.94 bits per heavy atom. The molecule has 106 valence electrons. The molecule has 0 spiro atoms. The standard InChI is InChI=1S/C13H26N2O3/c1-17-10-11-18-9-5-2-6-14-12-13(16)15-7-3-4-8-15/h14H,2-12H2,1H3. The molecule has 5 heteroatoms. The van der Waals surface area contributed by atoms with Gasteiger partial charge in [-0.05, 0) is 32.2 Å². The maximum Gasteiger partial charge on any atom is 0.236 e. The number of rotatable bonds is 10. The van der Waals surface area contributed by atoms with Crippen molar-refractivity contribution in [3.63, 3.8) is 0 Å². The van der Waals surface area contributed by atoms with Crippen molar-refractivity contribution in [2.24, 2.45) is 0 Å². The second-order valence-corrected chi connectivity index (χ2v) is 4.58. The number of carbonyl (C=O) groups is 1. The summed E-state index contributed by atoms with van der Waals surface area (Å²) in [6, 6.07) is 0. The van der Waals surface area contributed by atoms with E-state index in [9.17, 15) is 4.79 Å². The zero-order chi connectivity index (χ0) is 13.1. The van der Waals surface area contributed by atoms with E-state index in [1.165, 1.54) is 0 Å². The molecule has 18 heavy (non-hydrogen) atoms. The van der Waals surface area contributed by atoms with Gasteiger partial charge < -0.3 is 19.7 Å². The number of unbranched alkanes of at least 4 members (excludes halogenated alkanes) is 1. The summed E-state index contributed by atoms with van der Waals surface area (Å²) in [6.07, 6.45) is 4.38. The van der Waals surface area contributed by atoms with Crippen LogP contribution < -0.4 is 5.32 Å². The number of likely N-dealkylation sites (tertiary alicyclic amines) is 1. The largest absolute Gasteiger partial charge is 0.382 e. The monoisotopic (exact) mass is 258 g/mol. The van der Waals surface area contributed by atoms with Crippen LogP contribution in [0, 0.1) is 0 Å². The van der Waals surface area contributed by atoms with Gasteiger partial charge in [0.05, 0.1) is 19.8 Å². The smallest absolute Gasteiger partial charge is 0.236 e. The third kappa shape index (κ3) is 6.93. The molecule has 0 aromatic heterocycles. The van der Waals surface area contributed by atoms with E-state index in [1.54, 1.807) is 7.11 Å². The average Bonchev–Trinajstić information content (AvgIpc) is 2.90. The van der Waals surface area contributed by atoms with Crippen molar-refractivity contribution in [2.45, 2.75) is 25.7 Å². The lowest BCUT2D eigenvalue weighted by molar-refractivity contribution is -0.129. The molecular weight excluding hydrogens is 232 g/mol. The van der Waals surface area contributed by atoms with Gasteiger partial charge in [-0.3, -0.25) is 4.79 Å². The molecule has 0 aromatic carbocycles. The van der Waals surface area contributed by atoms with Crippen molar-refractivity contribution in [1.82, 2.24) is 10.2 Å². The quantitative estimate of drug-likeness (QED) is 0.584. The lowest BCUT2D eigenvalue weighted by Gasteiger charge is -2.15. The topological polar surface area (TPSA) is 50.8 Å². The van der Waals surface area contributed by atoms with Crippen LogP contribution in [0.5, 0.6) is 0 Å². The second-order valence-electron chi connectivity index (χ2n) is 4.58. The lowest BCUT2D eigenvalue weighted by atomic mass is 10.3. The van der Waals surface area contributed by atoms with Gasteiger partial charge in [0.25, 0.3) is 0 Å². The van der Waals surface area contributed by atoms with Gasteiger partial charge in [-0.15, -0.1) is 0 Å². The second kappa shape index (κ2) is 10.3. The van der Waals surface area contributed by atoms with Crippen LogP contribution in [-0.4, -0.2) is 63.9 Å². The molecule has 1 saturated heterocycles. The normalized spacial score (nSPS) is 15.3. The maximum atomic E-state index is 11.7. The van der Waals surface area contributed by atoms with E-state index in [2.05, 4.69) is 5.32 Å². The van der Waals surface area contributed by atoms with Crippen molar-refractivity contribution >= 4 is 5.91 Å². The number of nitrogens with zero attached hydrogens (tertiary/aromatic N) is 1. The van der Waals surface area contributed by atoms with Crippen LogP contribution >= 0.6 is 0 Å². The summed E-state index contributed by atoms with van der Waals surface area (Å²) in [6.45, 7) is 5.32. The molecule has 1 fully saturated rings. The lowest BCUT2D eigenvalue weighted by Crippen LogP contribution is -2.36. The molecule has 1 aliphatic heterocycles. The van der Waals surface area contributed by atoms with Crippen LogP contribution in [0.3, 0.4) is 0 Å². The van der Waals surface area contributed by atoms with E-state index < -0.39 is 0 Å². The molecule has 1 rings (SSSR count). The number of hydrogen-bond donors (Lipinski definition) is 1. The van der Waals surface area contributed by atoms with E-state index in [-0.39, 0.29) is 5.91 Å². The molecule has 0 bridgehead atoms. The first kappa shape index (κ1) is 15.4. The fraction of sp³-hybridized carbons (Fsp3) is 0.923. The van der Waals surface area contributed by atoms with Crippen molar-refractivity contribution < 1.29 is 14.3 Å². The maximum absolute atomic E-state index is 11.7. The Morgan fingerprint density at radius 3 is 2.67 bits per heavy atom. The molecule has 1 heterocycles. The summed E-state index contributed by atoms with van der Waals surface area (Å²) in [4.78, 5) is 13.6. The average molecular weight is 258 g/mol. The van der Waals surface area contributed by atoms with Crippen molar-refractivity contribution in [3.05, 3.63) is 0 Å². The Hall–Kier alpha value is -0.650. The highest BCUT2D eigenvalue weighted by molar-refractivity contribution is 5.78. The minimum absolute atomic E-state index is 0.240. The fourth-order valence-electron chi connectivity index (χ4n) is 1.97. The fourth-order valence-corrected chi connectivity index (χ4v) is 1.97. The molecule has 0 saturated carbocycles. The summed E-state index contributed by atoms with van der Waals surface area (Å²) in [5, 5.41) is 3.19. The first-order chi connectivity index (χ1) is 8.84. The summed E-state index contributed by atoms with van der Waals surface area (Å²) >= 11 is 0. The highest BCUT2D eigenvalue weighted by Crippen LogP contribution is 2.06. The van der Waals surface area contributed by atoms with Gasteiger partial charge >= 0.3 is 0 Å². The van der Waals surface area contributed by atoms with Gasteiger partial charge in [-0.2, -0.15) is 0 Å².